The third-order valence-electron chi connectivity index (χ3n) is 3.40. The van der Waals surface area contributed by atoms with E-state index in [0.717, 1.165) is 16.9 Å². The fraction of sp³-hybridized carbons (Fsp3) is 0.176. The number of carbonyl (C=O) groups excluding carboxylic acids is 1. The van der Waals surface area contributed by atoms with Crippen LogP contribution in [0.4, 0.5) is 0 Å². The molecule has 0 radical (unpaired) electrons. The van der Waals surface area contributed by atoms with Crippen molar-refractivity contribution in [1.82, 2.24) is 14.8 Å². The lowest BCUT2D eigenvalue weighted by Crippen LogP contribution is -2.11. The van der Waals surface area contributed by atoms with Gasteiger partial charge in [-0.3, -0.25) is 4.79 Å². The Morgan fingerprint density at radius 2 is 2.04 bits per heavy atom. The van der Waals surface area contributed by atoms with Gasteiger partial charge in [0.05, 0.1) is 18.0 Å². The van der Waals surface area contributed by atoms with Crippen molar-refractivity contribution in [3.05, 3.63) is 63.9 Å². The van der Waals surface area contributed by atoms with Gasteiger partial charge in [-0.15, -0.1) is 11.3 Å². The Balaban J connectivity index is 1.86. The highest BCUT2D eigenvalue weighted by atomic mass is 32.1. The quantitative estimate of drug-likeness (QED) is 0.690. The molecule has 2 aromatic heterocycles. The Kier molecular flexibility index (Phi) is 4.04. The van der Waals surface area contributed by atoms with Crippen molar-refractivity contribution in [2.24, 2.45) is 0 Å². The average Bonchev–Trinajstić information content (AvgIpc) is 3.17. The van der Waals surface area contributed by atoms with Gasteiger partial charge < -0.3 is 0 Å². The predicted molar refractivity (Wildman–Crippen MR) is 87.8 cm³/mol. The van der Waals surface area contributed by atoms with E-state index in [4.69, 9.17) is 0 Å². The summed E-state index contributed by atoms with van der Waals surface area (Å²) in [5, 5.41) is 16.0. The maximum Gasteiger partial charge on any atom is 0.186 e. The second-order valence-corrected chi connectivity index (χ2v) is 6.15. The van der Waals surface area contributed by atoms with Gasteiger partial charge in [0.1, 0.15) is 5.01 Å². The zero-order chi connectivity index (χ0) is 16.4. The summed E-state index contributed by atoms with van der Waals surface area (Å²) in [5.41, 5.74) is 3.25. The molecule has 0 bridgehead atoms. The second kappa shape index (κ2) is 6.15. The van der Waals surface area contributed by atoms with E-state index in [-0.39, 0.29) is 5.78 Å². The minimum Gasteiger partial charge on any atom is -0.292 e. The molecule has 3 rings (SSSR count). The first kappa shape index (κ1) is 15.1. The number of ketones is 1. The average molecular weight is 322 g/mol. The van der Waals surface area contributed by atoms with Crippen LogP contribution < -0.4 is 0 Å². The number of aromatic nitrogens is 3. The molecule has 0 fully saturated rings. The molecule has 23 heavy (non-hydrogen) atoms. The van der Waals surface area contributed by atoms with E-state index >= 15 is 0 Å². The molecule has 6 heteroatoms. The highest BCUT2D eigenvalue weighted by Crippen LogP contribution is 2.24. The van der Waals surface area contributed by atoms with Crippen molar-refractivity contribution in [2.45, 2.75) is 19.8 Å². The molecule has 0 saturated carbocycles. The summed E-state index contributed by atoms with van der Waals surface area (Å²) in [5.74, 6) is -1.09. The number of thiazole rings is 1. The second-order valence-electron chi connectivity index (χ2n) is 5.26. The molecule has 0 aliphatic heterocycles. The Bertz CT molecular complexity index is 886. The molecule has 3 aromatic rings. The molecule has 114 valence electrons. The van der Waals surface area contributed by atoms with Crippen molar-refractivity contribution < 1.29 is 4.79 Å². The zero-order valence-corrected chi connectivity index (χ0v) is 13.5. The third-order valence-corrected chi connectivity index (χ3v) is 4.43. The van der Waals surface area contributed by atoms with Crippen LogP contribution in [0.25, 0.3) is 5.69 Å². The summed E-state index contributed by atoms with van der Waals surface area (Å²) in [6, 6.07) is 9.15. The fourth-order valence-corrected chi connectivity index (χ4v) is 3.07. The van der Waals surface area contributed by atoms with Crippen LogP contribution in [0.1, 0.15) is 32.5 Å². The van der Waals surface area contributed by atoms with Crippen molar-refractivity contribution in [2.75, 3.05) is 0 Å². The summed E-state index contributed by atoms with van der Waals surface area (Å²) in [6.45, 7) is 3.81. The molecular formula is C17H14N4OS. The van der Waals surface area contributed by atoms with Crippen LogP contribution in [0.2, 0.25) is 0 Å². The van der Waals surface area contributed by atoms with Gasteiger partial charge in [-0.2, -0.15) is 10.4 Å². The lowest BCUT2D eigenvalue weighted by atomic mass is 9.99. The summed E-state index contributed by atoms with van der Waals surface area (Å²) in [6.07, 6.45) is 3.68. The molecule has 1 unspecified atom stereocenters. The normalized spacial score (nSPS) is 11.9. The summed E-state index contributed by atoms with van der Waals surface area (Å²) < 4.78 is 1.75. The van der Waals surface area contributed by atoms with E-state index in [2.05, 4.69) is 16.2 Å². The van der Waals surface area contributed by atoms with Gasteiger partial charge in [0.2, 0.25) is 0 Å². The maximum atomic E-state index is 12.6. The maximum absolute atomic E-state index is 12.6. The molecule has 0 aliphatic carbocycles. The van der Waals surface area contributed by atoms with Crippen molar-refractivity contribution in [1.29, 1.82) is 5.26 Å². The zero-order valence-electron chi connectivity index (χ0n) is 12.7. The van der Waals surface area contributed by atoms with Gasteiger partial charge in [-0.05, 0) is 43.7 Å². The Labute approximate surface area is 137 Å². The predicted octanol–water partition coefficient (Wildman–Crippen LogP) is 3.44. The number of Topliss-reactive ketones (excluding diaryl/α,β-unsaturated/α-hetero) is 1. The Hall–Kier alpha value is -2.78. The topological polar surface area (TPSA) is 71.6 Å². The van der Waals surface area contributed by atoms with Crippen molar-refractivity contribution in [3.63, 3.8) is 0 Å². The summed E-state index contributed by atoms with van der Waals surface area (Å²) in [4.78, 5) is 16.8. The highest BCUT2D eigenvalue weighted by Gasteiger charge is 2.24. The smallest absolute Gasteiger partial charge is 0.186 e. The number of aryl methyl sites for hydroxylation is 2. The SMILES string of the molecule is Cc1cnn(-c2ccc(C(=O)C(C#N)c3nc(C)cs3)cc2)c1. The molecule has 0 N–H and O–H groups in total. The lowest BCUT2D eigenvalue weighted by molar-refractivity contribution is 0.0979. The summed E-state index contributed by atoms with van der Waals surface area (Å²) >= 11 is 1.34. The molecule has 0 saturated heterocycles. The monoisotopic (exact) mass is 322 g/mol. The van der Waals surface area contributed by atoms with Gasteiger partial charge in [0, 0.05) is 22.8 Å². The van der Waals surface area contributed by atoms with Gasteiger partial charge in [-0.25, -0.2) is 9.67 Å². The number of nitrogens with zero attached hydrogens (tertiary/aromatic N) is 4. The van der Waals surface area contributed by atoms with Gasteiger partial charge in [0.25, 0.3) is 0 Å². The standard InChI is InChI=1S/C17H14N4OS/c1-11-8-19-21(9-11)14-5-3-13(4-6-14)16(22)15(7-18)17-20-12(2)10-23-17/h3-6,8-10,15H,1-2H3. The molecule has 0 amide bonds. The number of nitriles is 1. The molecule has 2 heterocycles. The van der Waals surface area contributed by atoms with Gasteiger partial charge in [-0.1, -0.05) is 0 Å². The molecule has 1 atom stereocenters. The van der Waals surface area contributed by atoms with Crippen molar-refractivity contribution in [3.8, 4) is 11.8 Å². The Morgan fingerprint density at radius 3 is 2.57 bits per heavy atom. The fourth-order valence-electron chi connectivity index (χ4n) is 2.23. The van der Waals surface area contributed by atoms with Crippen LogP contribution in [-0.2, 0) is 0 Å². The molecular weight excluding hydrogens is 308 g/mol. The molecule has 1 aromatic carbocycles. The number of hydrogen-bond acceptors (Lipinski definition) is 5. The van der Waals surface area contributed by atoms with E-state index in [1.165, 1.54) is 11.3 Å². The number of rotatable bonds is 4. The van der Waals surface area contributed by atoms with Crippen LogP contribution in [0.3, 0.4) is 0 Å². The lowest BCUT2D eigenvalue weighted by Gasteiger charge is -2.07. The largest absolute Gasteiger partial charge is 0.292 e. The highest BCUT2D eigenvalue weighted by molar-refractivity contribution is 7.10. The summed E-state index contributed by atoms with van der Waals surface area (Å²) in [7, 11) is 0. The molecule has 5 nitrogen and oxygen atoms in total. The minimum absolute atomic E-state index is 0.231. The third kappa shape index (κ3) is 3.05. The van der Waals surface area contributed by atoms with E-state index in [1.807, 2.05) is 37.6 Å². The molecule has 0 aliphatic rings. The number of hydrogen-bond donors (Lipinski definition) is 0. The van der Waals surface area contributed by atoms with Crippen LogP contribution in [0.15, 0.2) is 42.0 Å². The first-order valence-electron chi connectivity index (χ1n) is 7.06. The van der Waals surface area contributed by atoms with Crippen molar-refractivity contribution >= 4 is 17.1 Å². The van der Waals surface area contributed by atoms with Gasteiger partial charge in [0.15, 0.2) is 11.7 Å². The first-order valence-corrected chi connectivity index (χ1v) is 7.94. The first-order chi connectivity index (χ1) is 11.1. The van der Waals surface area contributed by atoms with E-state index in [9.17, 15) is 10.1 Å². The van der Waals surface area contributed by atoms with Crippen LogP contribution in [0.5, 0.6) is 0 Å². The number of benzene rings is 1. The minimum atomic E-state index is -0.855. The van der Waals surface area contributed by atoms with Crippen LogP contribution in [-0.4, -0.2) is 20.5 Å². The molecule has 0 spiro atoms. The van der Waals surface area contributed by atoms with E-state index in [1.54, 1.807) is 23.0 Å². The van der Waals surface area contributed by atoms with Gasteiger partial charge >= 0.3 is 0 Å². The van der Waals surface area contributed by atoms with Crippen LogP contribution in [0, 0.1) is 25.2 Å². The van der Waals surface area contributed by atoms with E-state index in [0.29, 0.717) is 10.6 Å². The van der Waals surface area contributed by atoms with Crippen LogP contribution >= 0.6 is 11.3 Å². The number of carbonyl (C=O) groups is 1. The van der Waals surface area contributed by atoms with E-state index < -0.39 is 5.92 Å². The Morgan fingerprint density at radius 1 is 1.30 bits per heavy atom.